The predicted molar refractivity (Wildman–Crippen MR) is 81.8 cm³/mol. The number of rotatable bonds is 6. The number of thiazole rings is 1. The highest BCUT2D eigenvalue weighted by atomic mass is 32.1. The van der Waals surface area contributed by atoms with Crippen LogP contribution in [0.25, 0.3) is 0 Å². The van der Waals surface area contributed by atoms with E-state index in [2.05, 4.69) is 15.6 Å². The van der Waals surface area contributed by atoms with Crippen LogP contribution in [-0.4, -0.2) is 28.6 Å². The molecule has 1 heterocycles. The van der Waals surface area contributed by atoms with E-state index in [9.17, 15) is 9.59 Å². The number of urea groups is 1. The molecule has 1 aliphatic carbocycles. The smallest absolute Gasteiger partial charge is 0.321 e. The zero-order valence-corrected chi connectivity index (χ0v) is 13.1. The first kappa shape index (κ1) is 15.8. The lowest BCUT2D eigenvalue weighted by molar-refractivity contribution is -0.141. The summed E-state index contributed by atoms with van der Waals surface area (Å²) in [7, 11) is 0. The molecule has 0 spiro atoms. The van der Waals surface area contributed by atoms with E-state index in [4.69, 9.17) is 5.11 Å². The topological polar surface area (TPSA) is 91.3 Å². The summed E-state index contributed by atoms with van der Waals surface area (Å²) in [4.78, 5) is 27.1. The molecule has 0 unspecified atom stereocenters. The van der Waals surface area contributed by atoms with E-state index in [0.29, 0.717) is 17.6 Å². The van der Waals surface area contributed by atoms with Crippen LogP contribution in [0.15, 0.2) is 5.38 Å². The Hall–Kier alpha value is -1.63. The van der Waals surface area contributed by atoms with Gasteiger partial charge in [-0.15, -0.1) is 11.3 Å². The van der Waals surface area contributed by atoms with Gasteiger partial charge in [-0.25, -0.2) is 9.78 Å². The van der Waals surface area contributed by atoms with Gasteiger partial charge >= 0.3 is 12.0 Å². The Bertz CT molecular complexity index is 523. The molecule has 1 aromatic heterocycles. The molecule has 21 heavy (non-hydrogen) atoms. The van der Waals surface area contributed by atoms with E-state index >= 15 is 0 Å². The van der Waals surface area contributed by atoms with E-state index in [1.165, 1.54) is 11.3 Å². The maximum atomic E-state index is 11.9. The number of amides is 2. The predicted octanol–water partition coefficient (Wildman–Crippen LogP) is 3.03. The molecule has 6 nitrogen and oxygen atoms in total. The standard InChI is InChI=1S/C14H21N3O3S/c1-9(2)10-7-21-13(16-10)17-12(20)15-8-14(4-3-5-14)6-11(18)19/h7,9H,3-6,8H2,1-2H3,(H,18,19)(H2,15,16,17,20). The van der Waals surface area contributed by atoms with Crippen molar-refractivity contribution in [1.82, 2.24) is 10.3 Å². The number of carboxylic acids is 1. The first-order valence-electron chi connectivity index (χ1n) is 7.12. The summed E-state index contributed by atoms with van der Waals surface area (Å²) >= 11 is 1.39. The van der Waals surface area contributed by atoms with Crippen molar-refractivity contribution in [2.45, 2.75) is 45.4 Å². The van der Waals surface area contributed by atoms with Crippen LogP contribution in [0, 0.1) is 5.41 Å². The minimum Gasteiger partial charge on any atom is -0.481 e. The van der Waals surface area contributed by atoms with Gasteiger partial charge in [0.1, 0.15) is 0 Å². The lowest BCUT2D eigenvalue weighted by Crippen LogP contribution is -2.44. The van der Waals surface area contributed by atoms with Crippen molar-refractivity contribution < 1.29 is 14.7 Å². The molecule has 0 aromatic carbocycles. The molecule has 0 radical (unpaired) electrons. The Morgan fingerprint density at radius 2 is 2.19 bits per heavy atom. The minimum absolute atomic E-state index is 0.113. The average molecular weight is 311 g/mol. The molecule has 1 fully saturated rings. The van der Waals surface area contributed by atoms with Crippen molar-refractivity contribution in [2.24, 2.45) is 5.41 Å². The fraction of sp³-hybridized carbons (Fsp3) is 0.643. The van der Waals surface area contributed by atoms with Gasteiger partial charge in [0.05, 0.1) is 12.1 Å². The molecule has 1 saturated carbocycles. The Labute approximate surface area is 128 Å². The first-order chi connectivity index (χ1) is 9.90. The van der Waals surface area contributed by atoms with Crippen molar-refractivity contribution in [1.29, 1.82) is 0 Å². The van der Waals surface area contributed by atoms with Crippen molar-refractivity contribution in [2.75, 3.05) is 11.9 Å². The number of anilines is 1. The van der Waals surface area contributed by atoms with Crippen LogP contribution in [0.4, 0.5) is 9.93 Å². The molecule has 3 N–H and O–H groups in total. The summed E-state index contributed by atoms with van der Waals surface area (Å²) in [6, 6.07) is -0.323. The molecule has 1 aliphatic rings. The summed E-state index contributed by atoms with van der Waals surface area (Å²) in [6.45, 7) is 4.49. The van der Waals surface area contributed by atoms with Crippen LogP contribution in [0.2, 0.25) is 0 Å². The highest BCUT2D eigenvalue weighted by Crippen LogP contribution is 2.43. The third kappa shape index (κ3) is 4.17. The van der Waals surface area contributed by atoms with Crippen LogP contribution >= 0.6 is 11.3 Å². The van der Waals surface area contributed by atoms with Gasteiger partial charge in [0.2, 0.25) is 0 Å². The second kappa shape index (κ2) is 6.43. The van der Waals surface area contributed by atoms with Crippen molar-refractivity contribution >= 4 is 28.5 Å². The monoisotopic (exact) mass is 311 g/mol. The van der Waals surface area contributed by atoms with Gasteiger partial charge < -0.3 is 10.4 Å². The number of aliphatic carboxylic acids is 1. The molecule has 0 aliphatic heterocycles. The summed E-state index contributed by atoms with van der Waals surface area (Å²) in [5.74, 6) is -0.480. The maximum Gasteiger partial charge on any atom is 0.321 e. The number of carbonyl (C=O) groups is 2. The number of hydrogen-bond donors (Lipinski definition) is 3. The maximum absolute atomic E-state index is 11.9. The van der Waals surface area contributed by atoms with Gasteiger partial charge in [-0.2, -0.15) is 0 Å². The fourth-order valence-corrected chi connectivity index (χ4v) is 3.30. The molecule has 116 valence electrons. The number of aromatic nitrogens is 1. The van der Waals surface area contributed by atoms with Crippen LogP contribution in [-0.2, 0) is 4.79 Å². The van der Waals surface area contributed by atoms with E-state index < -0.39 is 5.97 Å². The third-order valence-electron chi connectivity index (χ3n) is 3.90. The molecule has 2 rings (SSSR count). The fourth-order valence-electron chi connectivity index (χ4n) is 2.43. The van der Waals surface area contributed by atoms with E-state index in [1.807, 2.05) is 19.2 Å². The minimum atomic E-state index is -0.807. The zero-order chi connectivity index (χ0) is 15.5. The third-order valence-corrected chi connectivity index (χ3v) is 4.67. The van der Waals surface area contributed by atoms with E-state index in [-0.39, 0.29) is 17.9 Å². The second-order valence-electron chi connectivity index (χ2n) is 5.96. The number of hydrogen-bond acceptors (Lipinski definition) is 4. The van der Waals surface area contributed by atoms with Crippen LogP contribution in [0.3, 0.4) is 0 Å². The summed E-state index contributed by atoms with van der Waals surface area (Å²) in [5, 5.41) is 16.9. The first-order valence-corrected chi connectivity index (χ1v) is 8.00. The quantitative estimate of drug-likeness (QED) is 0.753. The van der Waals surface area contributed by atoms with Crippen molar-refractivity contribution in [3.63, 3.8) is 0 Å². The molecular weight excluding hydrogens is 290 g/mol. The molecule has 0 saturated heterocycles. The van der Waals surface area contributed by atoms with Gasteiger partial charge in [0.25, 0.3) is 0 Å². The lowest BCUT2D eigenvalue weighted by atomic mass is 9.66. The Morgan fingerprint density at radius 3 is 2.67 bits per heavy atom. The van der Waals surface area contributed by atoms with Crippen molar-refractivity contribution in [3.05, 3.63) is 11.1 Å². The van der Waals surface area contributed by atoms with E-state index in [0.717, 1.165) is 25.0 Å². The molecule has 0 atom stereocenters. The summed E-state index contributed by atoms with van der Waals surface area (Å²) in [6.07, 6.45) is 2.85. The lowest BCUT2D eigenvalue weighted by Gasteiger charge is -2.40. The van der Waals surface area contributed by atoms with Gasteiger partial charge in [-0.3, -0.25) is 10.1 Å². The summed E-state index contributed by atoms with van der Waals surface area (Å²) < 4.78 is 0. The second-order valence-corrected chi connectivity index (χ2v) is 6.82. The highest BCUT2D eigenvalue weighted by Gasteiger charge is 2.39. The highest BCUT2D eigenvalue weighted by molar-refractivity contribution is 7.13. The normalized spacial score (nSPS) is 16.3. The van der Waals surface area contributed by atoms with Crippen molar-refractivity contribution in [3.8, 4) is 0 Å². The van der Waals surface area contributed by atoms with Gasteiger partial charge in [0, 0.05) is 11.9 Å². The van der Waals surface area contributed by atoms with Gasteiger partial charge in [-0.05, 0) is 24.2 Å². The number of carbonyl (C=O) groups excluding carboxylic acids is 1. The zero-order valence-electron chi connectivity index (χ0n) is 12.3. The van der Waals surface area contributed by atoms with Crippen LogP contribution in [0.5, 0.6) is 0 Å². The number of nitrogens with one attached hydrogen (secondary N) is 2. The van der Waals surface area contributed by atoms with Gasteiger partial charge in [0.15, 0.2) is 5.13 Å². The SMILES string of the molecule is CC(C)c1csc(NC(=O)NCC2(CC(=O)O)CCC2)n1. The Morgan fingerprint density at radius 1 is 1.48 bits per heavy atom. The Balaban J connectivity index is 1.82. The number of carboxylic acid groups (broad SMARTS) is 1. The van der Waals surface area contributed by atoms with E-state index in [1.54, 1.807) is 0 Å². The molecule has 7 heteroatoms. The molecule has 0 bridgehead atoms. The number of nitrogens with zero attached hydrogens (tertiary/aromatic N) is 1. The average Bonchev–Trinajstić information content (AvgIpc) is 2.80. The van der Waals surface area contributed by atoms with Crippen LogP contribution in [0.1, 0.15) is 51.1 Å². The largest absolute Gasteiger partial charge is 0.481 e. The molecule has 1 aromatic rings. The van der Waals surface area contributed by atoms with Crippen LogP contribution < -0.4 is 10.6 Å². The molecular formula is C14H21N3O3S. The van der Waals surface area contributed by atoms with Gasteiger partial charge in [-0.1, -0.05) is 20.3 Å². The molecule has 2 amide bonds. The Kier molecular flexibility index (Phi) is 4.82. The summed E-state index contributed by atoms with van der Waals surface area (Å²) in [5.41, 5.74) is 0.687.